The van der Waals surface area contributed by atoms with Crippen LogP contribution in [0.4, 0.5) is 4.39 Å². The van der Waals surface area contributed by atoms with Crippen LogP contribution in [0.25, 0.3) is 5.69 Å². The molecule has 0 saturated carbocycles. The molecule has 5 nitrogen and oxygen atoms in total. The highest BCUT2D eigenvalue weighted by atomic mass is 19.1. The van der Waals surface area contributed by atoms with E-state index in [0.717, 1.165) is 10.6 Å². The van der Waals surface area contributed by atoms with E-state index in [4.69, 9.17) is 5.11 Å². The number of nitrogens with one attached hydrogen (secondary N) is 1. The van der Waals surface area contributed by atoms with Crippen LogP contribution in [0.2, 0.25) is 0 Å². The number of H-pyrrole nitrogens is 1. The summed E-state index contributed by atoms with van der Waals surface area (Å²) in [5.41, 5.74) is -0.636. The zero-order chi connectivity index (χ0) is 11.7. The molecule has 0 radical (unpaired) electrons. The smallest absolute Gasteiger partial charge is 0.335 e. The van der Waals surface area contributed by atoms with Crippen LogP contribution in [-0.2, 0) is 0 Å². The number of hydrogen-bond acceptors (Lipinski definition) is 2. The molecular weight excluding hydrogens is 215 g/mol. The Morgan fingerprint density at radius 1 is 1.44 bits per heavy atom. The lowest BCUT2D eigenvalue weighted by atomic mass is 10.2. The second-order valence-electron chi connectivity index (χ2n) is 3.11. The van der Waals surface area contributed by atoms with Gasteiger partial charge in [-0.3, -0.25) is 4.57 Å². The summed E-state index contributed by atoms with van der Waals surface area (Å²) in [5, 5.41) is 8.64. The number of carbonyl (C=O) groups is 1. The average molecular weight is 222 g/mol. The number of halogens is 1. The highest BCUT2D eigenvalue weighted by Crippen LogP contribution is 2.13. The van der Waals surface area contributed by atoms with Crippen molar-refractivity contribution >= 4 is 5.97 Å². The van der Waals surface area contributed by atoms with Crippen LogP contribution < -0.4 is 5.69 Å². The van der Waals surface area contributed by atoms with Crippen LogP contribution >= 0.6 is 0 Å². The lowest BCUT2D eigenvalue weighted by Gasteiger charge is -2.03. The van der Waals surface area contributed by atoms with Gasteiger partial charge in [-0.05, 0) is 18.2 Å². The predicted octanol–water partition coefficient (Wildman–Crippen LogP) is 1.00. The summed E-state index contributed by atoms with van der Waals surface area (Å²) in [6, 6.07) is 3.35. The summed E-state index contributed by atoms with van der Waals surface area (Å²) in [5.74, 6) is -1.98. The molecule has 0 saturated heterocycles. The van der Waals surface area contributed by atoms with Crippen molar-refractivity contribution in [1.82, 2.24) is 9.55 Å². The van der Waals surface area contributed by atoms with Crippen LogP contribution in [-0.4, -0.2) is 20.6 Å². The molecule has 0 aliphatic carbocycles. The first-order valence-electron chi connectivity index (χ1n) is 4.39. The van der Waals surface area contributed by atoms with E-state index in [2.05, 4.69) is 4.98 Å². The lowest BCUT2D eigenvalue weighted by Crippen LogP contribution is -2.15. The Hall–Kier alpha value is -2.37. The molecule has 6 heteroatoms. The summed E-state index contributed by atoms with van der Waals surface area (Å²) >= 11 is 0. The number of aromatic nitrogens is 2. The second-order valence-corrected chi connectivity index (χ2v) is 3.11. The molecule has 82 valence electrons. The minimum absolute atomic E-state index is 0.0104. The first kappa shape index (κ1) is 10.2. The molecule has 0 atom stereocenters. The third-order valence-corrected chi connectivity index (χ3v) is 2.10. The van der Waals surface area contributed by atoms with Crippen molar-refractivity contribution in [3.63, 3.8) is 0 Å². The Morgan fingerprint density at radius 3 is 2.69 bits per heavy atom. The number of hydrogen-bond donors (Lipinski definition) is 2. The van der Waals surface area contributed by atoms with Crippen molar-refractivity contribution in [2.45, 2.75) is 0 Å². The fraction of sp³-hybridized carbons (Fsp3) is 0. The zero-order valence-electron chi connectivity index (χ0n) is 7.98. The molecule has 2 N–H and O–H groups in total. The van der Waals surface area contributed by atoms with Gasteiger partial charge in [-0.15, -0.1) is 0 Å². The fourth-order valence-electron chi connectivity index (χ4n) is 1.35. The van der Waals surface area contributed by atoms with Gasteiger partial charge < -0.3 is 10.1 Å². The maximum absolute atomic E-state index is 13.5. The Labute approximate surface area is 88.8 Å². The van der Waals surface area contributed by atoms with Gasteiger partial charge in [0.05, 0.1) is 11.3 Å². The Kier molecular flexibility index (Phi) is 2.32. The molecule has 2 aromatic rings. The van der Waals surface area contributed by atoms with E-state index in [-0.39, 0.29) is 11.3 Å². The van der Waals surface area contributed by atoms with Gasteiger partial charge in [0.1, 0.15) is 5.82 Å². The maximum atomic E-state index is 13.5. The minimum Gasteiger partial charge on any atom is -0.478 e. The number of carboxylic acids is 1. The van der Waals surface area contributed by atoms with Crippen LogP contribution in [0.15, 0.2) is 35.4 Å². The van der Waals surface area contributed by atoms with Gasteiger partial charge in [0, 0.05) is 12.4 Å². The van der Waals surface area contributed by atoms with Gasteiger partial charge in [0.15, 0.2) is 0 Å². The van der Waals surface area contributed by atoms with Gasteiger partial charge in [0.25, 0.3) is 0 Å². The van der Waals surface area contributed by atoms with Crippen molar-refractivity contribution in [3.05, 3.63) is 52.5 Å². The van der Waals surface area contributed by atoms with Gasteiger partial charge in [0.2, 0.25) is 0 Å². The van der Waals surface area contributed by atoms with Crippen LogP contribution in [0.3, 0.4) is 0 Å². The molecule has 0 unspecified atom stereocenters. The maximum Gasteiger partial charge on any atom is 0.335 e. The monoisotopic (exact) mass is 222 g/mol. The molecule has 2 rings (SSSR count). The average Bonchev–Trinajstić information content (AvgIpc) is 2.64. The lowest BCUT2D eigenvalue weighted by molar-refractivity contribution is 0.0696. The van der Waals surface area contributed by atoms with Gasteiger partial charge in [-0.2, -0.15) is 0 Å². The molecule has 0 aliphatic heterocycles. The number of rotatable bonds is 2. The van der Waals surface area contributed by atoms with Gasteiger partial charge in [-0.25, -0.2) is 14.0 Å². The predicted molar refractivity (Wildman–Crippen MR) is 53.3 cm³/mol. The van der Waals surface area contributed by atoms with Gasteiger partial charge in [-0.1, -0.05) is 0 Å². The number of aromatic amines is 1. The largest absolute Gasteiger partial charge is 0.478 e. The summed E-state index contributed by atoms with van der Waals surface area (Å²) in [7, 11) is 0. The van der Waals surface area contributed by atoms with Crippen LogP contribution in [0, 0.1) is 5.82 Å². The Morgan fingerprint density at radius 2 is 2.19 bits per heavy atom. The topological polar surface area (TPSA) is 75.1 Å². The third kappa shape index (κ3) is 1.60. The summed E-state index contributed by atoms with van der Waals surface area (Å²) in [6.07, 6.45) is 2.73. The van der Waals surface area contributed by atoms with Crippen LogP contribution in [0.1, 0.15) is 10.4 Å². The van der Waals surface area contributed by atoms with Crippen molar-refractivity contribution in [3.8, 4) is 5.69 Å². The highest BCUT2D eigenvalue weighted by Gasteiger charge is 2.10. The molecular formula is C10H7FN2O3. The van der Waals surface area contributed by atoms with E-state index in [0.29, 0.717) is 0 Å². The quantitative estimate of drug-likeness (QED) is 0.796. The number of aromatic carboxylic acids is 1. The number of carboxylic acid groups (broad SMARTS) is 1. The SMILES string of the molecule is O=C(O)c1ccc(-n2cc[nH]c2=O)c(F)c1. The van der Waals surface area contributed by atoms with Gasteiger partial charge >= 0.3 is 11.7 Å². The second kappa shape index (κ2) is 3.65. The number of nitrogens with zero attached hydrogens (tertiary/aromatic N) is 1. The van der Waals surface area contributed by atoms with E-state index in [1.807, 2.05) is 0 Å². The van der Waals surface area contributed by atoms with E-state index in [1.165, 1.54) is 24.5 Å². The van der Waals surface area contributed by atoms with Crippen LogP contribution in [0.5, 0.6) is 0 Å². The molecule has 0 spiro atoms. The highest BCUT2D eigenvalue weighted by molar-refractivity contribution is 5.87. The molecule has 1 heterocycles. The Bertz CT molecular complexity index is 600. The van der Waals surface area contributed by atoms with Crippen molar-refractivity contribution < 1.29 is 14.3 Å². The minimum atomic E-state index is -1.22. The Balaban J connectivity index is 2.57. The standard InChI is InChI=1S/C10H7FN2O3/c11-7-5-6(9(14)15)1-2-8(7)13-4-3-12-10(13)16/h1-5H,(H,12,16)(H,14,15). The van der Waals surface area contributed by atoms with Crippen molar-refractivity contribution in [2.75, 3.05) is 0 Å². The fourth-order valence-corrected chi connectivity index (χ4v) is 1.35. The van der Waals surface area contributed by atoms with E-state index < -0.39 is 17.5 Å². The molecule has 0 amide bonds. The first-order chi connectivity index (χ1) is 7.59. The first-order valence-corrected chi connectivity index (χ1v) is 4.39. The molecule has 1 aromatic carbocycles. The third-order valence-electron chi connectivity index (χ3n) is 2.10. The van der Waals surface area contributed by atoms with E-state index in [9.17, 15) is 14.0 Å². The number of imidazole rings is 1. The van der Waals surface area contributed by atoms with Crippen molar-refractivity contribution in [1.29, 1.82) is 0 Å². The molecule has 16 heavy (non-hydrogen) atoms. The summed E-state index contributed by atoms with van der Waals surface area (Å²) in [4.78, 5) is 24.1. The van der Waals surface area contributed by atoms with E-state index >= 15 is 0 Å². The normalized spacial score (nSPS) is 10.3. The summed E-state index contributed by atoms with van der Waals surface area (Å²) in [6.45, 7) is 0. The zero-order valence-corrected chi connectivity index (χ0v) is 7.98. The number of benzene rings is 1. The molecule has 0 aliphatic rings. The van der Waals surface area contributed by atoms with E-state index in [1.54, 1.807) is 0 Å². The van der Waals surface area contributed by atoms with Crippen molar-refractivity contribution in [2.24, 2.45) is 0 Å². The summed E-state index contributed by atoms with van der Waals surface area (Å²) < 4.78 is 14.6. The molecule has 0 fully saturated rings. The molecule has 1 aromatic heterocycles. The molecule has 0 bridgehead atoms.